The van der Waals surface area contributed by atoms with E-state index in [2.05, 4.69) is 9.87 Å². The first-order valence-corrected chi connectivity index (χ1v) is 8.25. The van der Waals surface area contributed by atoms with Crippen LogP contribution in [0.15, 0.2) is 65.7 Å². The number of hydrogen-bond acceptors (Lipinski definition) is 5. The van der Waals surface area contributed by atoms with Gasteiger partial charge >= 0.3 is 0 Å². The highest BCUT2D eigenvalue weighted by Gasteiger charge is 2.15. The average Bonchev–Trinajstić information content (AvgIpc) is 2.60. The summed E-state index contributed by atoms with van der Waals surface area (Å²) in [6.45, 7) is 0. The lowest BCUT2D eigenvalue weighted by Crippen LogP contribution is -2.27. The van der Waals surface area contributed by atoms with E-state index in [0.717, 1.165) is 0 Å². The molecule has 0 spiro atoms. The summed E-state index contributed by atoms with van der Waals surface area (Å²) in [7, 11) is -2.21. The SMILES string of the molecule is COc1ccc2nccc(ONS(=O)(=O)c3ccccc3)c2c1. The van der Waals surface area contributed by atoms with Gasteiger partial charge in [0.15, 0.2) is 5.75 Å². The van der Waals surface area contributed by atoms with E-state index in [1.54, 1.807) is 55.8 Å². The van der Waals surface area contributed by atoms with E-state index in [1.165, 1.54) is 12.1 Å². The Morgan fingerprint density at radius 3 is 2.57 bits per heavy atom. The van der Waals surface area contributed by atoms with Gasteiger partial charge in [-0.2, -0.15) is 0 Å². The summed E-state index contributed by atoms with van der Waals surface area (Å²) in [6, 6.07) is 14.8. The van der Waals surface area contributed by atoms with Crippen molar-refractivity contribution in [2.75, 3.05) is 7.11 Å². The van der Waals surface area contributed by atoms with Crippen molar-refractivity contribution in [3.05, 3.63) is 60.8 Å². The van der Waals surface area contributed by atoms with E-state index in [-0.39, 0.29) is 4.90 Å². The molecule has 0 amide bonds. The predicted octanol–water partition coefficient (Wildman–Crippen LogP) is 2.52. The molecule has 0 saturated heterocycles. The van der Waals surface area contributed by atoms with Gasteiger partial charge in [-0.05, 0) is 35.2 Å². The topological polar surface area (TPSA) is 77.5 Å². The van der Waals surface area contributed by atoms with Gasteiger partial charge in [-0.1, -0.05) is 18.2 Å². The second kappa shape index (κ2) is 6.23. The van der Waals surface area contributed by atoms with Crippen LogP contribution in [0.3, 0.4) is 0 Å². The molecule has 1 aromatic heterocycles. The summed E-state index contributed by atoms with van der Waals surface area (Å²) < 4.78 is 29.5. The maximum atomic E-state index is 12.2. The number of nitrogens with zero attached hydrogens (tertiary/aromatic N) is 1. The first-order chi connectivity index (χ1) is 11.1. The van der Waals surface area contributed by atoms with Gasteiger partial charge in [-0.3, -0.25) is 4.98 Å². The normalized spacial score (nSPS) is 11.3. The highest BCUT2D eigenvalue weighted by molar-refractivity contribution is 7.89. The largest absolute Gasteiger partial charge is 0.497 e. The molecule has 0 atom stereocenters. The summed E-state index contributed by atoms with van der Waals surface area (Å²) in [4.78, 5) is 11.8. The van der Waals surface area contributed by atoms with Gasteiger partial charge in [0.1, 0.15) is 5.75 Å². The third-order valence-electron chi connectivity index (χ3n) is 3.22. The molecular weight excluding hydrogens is 316 g/mol. The van der Waals surface area contributed by atoms with Crippen molar-refractivity contribution in [3.8, 4) is 11.5 Å². The second-order valence-electron chi connectivity index (χ2n) is 4.69. The molecule has 1 heterocycles. The number of nitrogens with one attached hydrogen (secondary N) is 1. The number of hydrogen-bond donors (Lipinski definition) is 1. The molecule has 23 heavy (non-hydrogen) atoms. The molecule has 3 rings (SSSR count). The number of ether oxygens (including phenoxy) is 1. The first-order valence-electron chi connectivity index (χ1n) is 6.76. The quantitative estimate of drug-likeness (QED) is 0.727. The number of methoxy groups -OCH3 is 1. The van der Waals surface area contributed by atoms with Crippen LogP contribution in [-0.4, -0.2) is 20.5 Å². The minimum Gasteiger partial charge on any atom is -0.497 e. The van der Waals surface area contributed by atoms with Gasteiger partial charge < -0.3 is 9.57 Å². The Morgan fingerprint density at radius 2 is 1.83 bits per heavy atom. The second-order valence-corrected chi connectivity index (χ2v) is 6.34. The summed E-state index contributed by atoms with van der Waals surface area (Å²) in [5, 5.41) is 0.641. The van der Waals surface area contributed by atoms with Crippen molar-refractivity contribution in [3.63, 3.8) is 0 Å². The molecule has 0 bridgehead atoms. The Balaban J connectivity index is 1.90. The van der Waals surface area contributed by atoms with Crippen LogP contribution in [0.25, 0.3) is 10.9 Å². The van der Waals surface area contributed by atoms with Gasteiger partial charge in [0.25, 0.3) is 10.0 Å². The van der Waals surface area contributed by atoms with E-state index < -0.39 is 10.0 Å². The molecule has 1 N–H and O–H groups in total. The fourth-order valence-corrected chi connectivity index (χ4v) is 2.87. The van der Waals surface area contributed by atoms with E-state index in [4.69, 9.17) is 9.57 Å². The third-order valence-corrected chi connectivity index (χ3v) is 4.42. The Morgan fingerprint density at radius 1 is 1.04 bits per heavy atom. The number of benzene rings is 2. The van der Waals surface area contributed by atoms with Crippen LogP contribution in [-0.2, 0) is 10.0 Å². The van der Waals surface area contributed by atoms with Crippen LogP contribution in [0.1, 0.15) is 0 Å². The fourth-order valence-electron chi connectivity index (χ4n) is 2.06. The van der Waals surface area contributed by atoms with Crippen LogP contribution >= 0.6 is 0 Å². The summed E-state index contributed by atoms with van der Waals surface area (Å²) in [6.07, 6.45) is 1.54. The monoisotopic (exact) mass is 330 g/mol. The minimum absolute atomic E-state index is 0.121. The van der Waals surface area contributed by atoms with E-state index in [1.807, 2.05) is 0 Å². The molecular formula is C16H14N2O4S. The highest BCUT2D eigenvalue weighted by atomic mass is 32.2. The van der Waals surface area contributed by atoms with Crippen molar-refractivity contribution < 1.29 is 18.0 Å². The van der Waals surface area contributed by atoms with Crippen molar-refractivity contribution >= 4 is 20.9 Å². The molecule has 0 aliphatic carbocycles. The van der Waals surface area contributed by atoms with E-state index in [0.29, 0.717) is 22.4 Å². The lowest BCUT2D eigenvalue weighted by atomic mass is 10.2. The molecule has 0 aliphatic heterocycles. The van der Waals surface area contributed by atoms with Gasteiger partial charge in [0.2, 0.25) is 0 Å². The zero-order chi connectivity index (χ0) is 16.3. The van der Waals surface area contributed by atoms with Gasteiger partial charge in [0.05, 0.1) is 17.5 Å². The lowest BCUT2D eigenvalue weighted by Gasteiger charge is -2.10. The van der Waals surface area contributed by atoms with Crippen LogP contribution in [0.4, 0.5) is 0 Å². The molecule has 3 aromatic rings. The maximum Gasteiger partial charge on any atom is 0.271 e. The van der Waals surface area contributed by atoms with E-state index in [9.17, 15) is 8.42 Å². The lowest BCUT2D eigenvalue weighted by molar-refractivity contribution is 0.272. The standard InChI is InChI=1S/C16H14N2O4S/c1-21-12-7-8-15-14(11-12)16(9-10-17-15)22-18-23(19,20)13-5-3-2-4-6-13/h2-11,18H,1H3. The van der Waals surface area contributed by atoms with E-state index >= 15 is 0 Å². The van der Waals surface area contributed by atoms with Gasteiger partial charge in [-0.15, -0.1) is 0 Å². The van der Waals surface area contributed by atoms with Crippen LogP contribution in [0.2, 0.25) is 0 Å². The van der Waals surface area contributed by atoms with Crippen molar-refractivity contribution in [1.29, 1.82) is 0 Å². The smallest absolute Gasteiger partial charge is 0.271 e. The molecule has 0 radical (unpaired) electrons. The zero-order valence-electron chi connectivity index (χ0n) is 12.3. The average molecular weight is 330 g/mol. The van der Waals surface area contributed by atoms with Gasteiger partial charge in [0, 0.05) is 17.6 Å². The Labute approximate surface area is 133 Å². The maximum absolute atomic E-state index is 12.2. The molecule has 0 aliphatic rings. The summed E-state index contributed by atoms with van der Waals surface area (Å²) in [5.41, 5.74) is 0.669. The third kappa shape index (κ3) is 3.25. The Hall–Kier alpha value is -2.64. The molecule has 0 unspecified atom stereocenters. The van der Waals surface area contributed by atoms with Crippen molar-refractivity contribution in [1.82, 2.24) is 9.87 Å². The number of sulfonamides is 1. The Bertz CT molecular complexity index is 927. The molecule has 0 fully saturated rings. The number of rotatable bonds is 5. The summed E-state index contributed by atoms with van der Waals surface area (Å²) >= 11 is 0. The zero-order valence-corrected chi connectivity index (χ0v) is 13.1. The fraction of sp³-hybridized carbons (Fsp3) is 0.0625. The molecule has 118 valence electrons. The molecule has 7 heteroatoms. The van der Waals surface area contributed by atoms with Gasteiger partial charge in [-0.25, -0.2) is 8.42 Å². The summed E-state index contributed by atoms with van der Waals surface area (Å²) in [5.74, 6) is 0.967. The van der Waals surface area contributed by atoms with Crippen LogP contribution in [0, 0.1) is 0 Å². The number of aromatic nitrogens is 1. The Kier molecular flexibility index (Phi) is 4.14. The van der Waals surface area contributed by atoms with Crippen LogP contribution < -0.4 is 14.5 Å². The number of pyridine rings is 1. The molecule has 2 aromatic carbocycles. The molecule has 6 nitrogen and oxygen atoms in total. The predicted molar refractivity (Wildman–Crippen MR) is 85.7 cm³/mol. The first kappa shape index (κ1) is 15.3. The van der Waals surface area contributed by atoms with Crippen molar-refractivity contribution in [2.45, 2.75) is 4.90 Å². The minimum atomic E-state index is -3.77. The highest BCUT2D eigenvalue weighted by Crippen LogP contribution is 2.27. The molecule has 0 saturated carbocycles. The van der Waals surface area contributed by atoms with Crippen LogP contribution in [0.5, 0.6) is 11.5 Å². The number of fused-ring (bicyclic) bond motifs is 1. The van der Waals surface area contributed by atoms with Crippen molar-refractivity contribution in [2.24, 2.45) is 0 Å².